The van der Waals surface area contributed by atoms with Gasteiger partial charge < -0.3 is 10.1 Å². The molecule has 0 bridgehead atoms. The van der Waals surface area contributed by atoms with Gasteiger partial charge in [-0.3, -0.25) is 4.90 Å². The summed E-state index contributed by atoms with van der Waals surface area (Å²) < 4.78 is 5.46. The molecular weight excluding hydrogens is 260 g/mol. The Hall–Kier alpha value is -0.900. The van der Waals surface area contributed by atoms with Crippen LogP contribution in [0.4, 0.5) is 0 Å². The molecule has 1 aromatic rings. The molecule has 0 radical (unpaired) electrons. The highest BCUT2D eigenvalue weighted by molar-refractivity contribution is 5.33. The van der Waals surface area contributed by atoms with Gasteiger partial charge in [0.15, 0.2) is 0 Å². The molecule has 1 aliphatic carbocycles. The Morgan fingerprint density at radius 2 is 1.90 bits per heavy atom. The van der Waals surface area contributed by atoms with E-state index in [9.17, 15) is 0 Å². The van der Waals surface area contributed by atoms with Crippen LogP contribution in [0.15, 0.2) is 24.3 Å². The fourth-order valence-electron chi connectivity index (χ4n) is 3.27. The highest BCUT2D eigenvalue weighted by Gasteiger charge is 2.28. The van der Waals surface area contributed by atoms with Gasteiger partial charge in [0, 0.05) is 31.7 Å². The molecule has 3 rings (SSSR count). The van der Waals surface area contributed by atoms with Crippen LogP contribution in [0, 0.1) is 0 Å². The Kier molecular flexibility index (Phi) is 4.63. The van der Waals surface area contributed by atoms with E-state index in [2.05, 4.69) is 48.3 Å². The summed E-state index contributed by atoms with van der Waals surface area (Å²) >= 11 is 0. The molecule has 1 aliphatic heterocycles. The van der Waals surface area contributed by atoms with Gasteiger partial charge in [0.25, 0.3) is 0 Å². The predicted octanol–water partition coefficient (Wildman–Crippen LogP) is 2.76. The van der Waals surface area contributed by atoms with Crippen LogP contribution in [-0.2, 0) is 11.3 Å². The van der Waals surface area contributed by atoms with E-state index in [1.807, 2.05) is 0 Å². The summed E-state index contributed by atoms with van der Waals surface area (Å²) in [5, 5.41) is 3.68. The Labute approximate surface area is 128 Å². The third kappa shape index (κ3) is 3.85. The predicted molar refractivity (Wildman–Crippen MR) is 86.6 cm³/mol. The van der Waals surface area contributed by atoms with Gasteiger partial charge in [0.05, 0.1) is 13.2 Å². The summed E-state index contributed by atoms with van der Waals surface area (Å²) in [6, 6.07) is 8.93. The van der Waals surface area contributed by atoms with Crippen molar-refractivity contribution in [1.29, 1.82) is 0 Å². The van der Waals surface area contributed by atoms with Gasteiger partial charge in [-0.2, -0.15) is 0 Å². The summed E-state index contributed by atoms with van der Waals surface area (Å²) in [4.78, 5) is 2.54. The largest absolute Gasteiger partial charge is 0.379 e. The van der Waals surface area contributed by atoms with Crippen molar-refractivity contribution in [3.05, 3.63) is 35.4 Å². The standard InChI is InChI=1S/C18H28N2O/c1-18(2,20-9-11-21-12-10-20)14-19-13-16-5-3-4-6-17(16)15-7-8-15/h3-6,15,19H,7-14H2,1-2H3. The van der Waals surface area contributed by atoms with Crippen LogP contribution in [0.3, 0.4) is 0 Å². The molecule has 1 saturated carbocycles. The van der Waals surface area contributed by atoms with Crippen molar-refractivity contribution in [2.24, 2.45) is 0 Å². The molecule has 2 aliphatic rings. The van der Waals surface area contributed by atoms with E-state index in [0.29, 0.717) is 0 Å². The molecule has 0 unspecified atom stereocenters. The highest BCUT2D eigenvalue weighted by atomic mass is 16.5. The van der Waals surface area contributed by atoms with Gasteiger partial charge in [-0.25, -0.2) is 0 Å². The maximum atomic E-state index is 5.46. The summed E-state index contributed by atoms with van der Waals surface area (Å²) in [5.74, 6) is 0.829. The molecule has 21 heavy (non-hydrogen) atoms. The Bertz CT molecular complexity index is 462. The molecule has 116 valence electrons. The van der Waals surface area contributed by atoms with E-state index in [-0.39, 0.29) is 5.54 Å². The molecule has 1 N–H and O–H groups in total. The van der Waals surface area contributed by atoms with E-state index in [0.717, 1.165) is 45.3 Å². The average molecular weight is 288 g/mol. The minimum Gasteiger partial charge on any atom is -0.379 e. The van der Waals surface area contributed by atoms with E-state index < -0.39 is 0 Å². The fraction of sp³-hybridized carbons (Fsp3) is 0.667. The second-order valence-corrected chi connectivity index (χ2v) is 6.99. The lowest BCUT2D eigenvalue weighted by Gasteiger charge is -2.41. The third-order valence-corrected chi connectivity index (χ3v) is 4.81. The molecule has 0 atom stereocenters. The normalized spacial score (nSPS) is 20.7. The second kappa shape index (κ2) is 6.47. The summed E-state index contributed by atoms with van der Waals surface area (Å²) in [6.45, 7) is 10.5. The number of nitrogens with zero attached hydrogens (tertiary/aromatic N) is 1. The van der Waals surface area contributed by atoms with Crippen LogP contribution in [0.5, 0.6) is 0 Å². The zero-order chi connectivity index (χ0) is 14.7. The monoisotopic (exact) mass is 288 g/mol. The quantitative estimate of drug-likeness (QED) is 0.871. The lowest BCUT2D eigenvalue weighted by molar-refractivity contribution is -0.00967. The van der Waals surface area contributed by atoms with Crippen LogP contribution in [0.25, 0.3) is 0 Å². The maximum absolute atomic E-state index is 5.46. The zero-order valence-corrected chi connectivity index (χ0v) is 13.4. The van der Waals surface area contributed by atoms with Crippen molar-refractivity contribution in [2.45, 2.75) is 44.7 Å². The summed E-state index contributed by atoms with van der Waals surface area (Å²) in [6.07, 6.45) is 2.74. The van der Waals surface area contributed by atoms with Crippen molar-refractivity contribution in [3.63, 3.8) is 0 Å². The van der Waals surface area contributed by atoms with Gasteiger partial charge in [0.1, 0.15) is 0 Å². The first-order chi connectivity index (χ1) is 10.2. The summed E-state index contributed by atoms with van der Waals surface area (Å²) in [5.41, 5.74) is 3.24. The smallest absolute Gasteiger partial charge is 0.0594 e. The Morgan fingerprint density at radius 3 is 2.62 bits per heavy atom. The van der Waals surface area contributed by atoms with Gasteiger partial charge >= 0.3 is 0 Å². The highest BCUT2D eigenvalue weighted by Crippen LogP contribution is 2.41. The molecule has 0 spiro atoms. The molecule has 3 heteroatoms. The minimum atomic E-state index is 0.193. The number of morpholine rings is 1. The number of hydrogen-bond acceptors (Lipinski definition) is 3. The minimum absolute atomic E-state index is 0.193. The first kappa shape index (κ1) is 15.0. The van der Waals surface area contributed by atoms with Crippen molar-refractivity contribution in [1.82, 2.24) is 10.2 Å². The Morgan fingerprint density at radius 1 is 1.19 bits per heavy atom. The molecule has 0 amide bonds. The van der Waals surface area contributed by atoms with Gasteiger partial charge in [-0.1, -0.05) is 24.3 Å². The first-order valence-electron chi connectivity index (χ1n) is 8.28. The number of nitrogens with one attached hydrogen (secondary N) is 1. The average Bonchev–Trinajstić information content (AvgIpc) is 3.33. The van der Waals surface area contributed by atoms with E-state index in [1.165, 1.54) is 18.4 Å². The maximum Gasteiger partial charge on any atom is 0.0594 e. The molecule has 1 saturated heterocycles. The van der Waals surface area contributed by atoms with E-state index in [1.54, 1.807) is 5.56 Å². The zero-order valence-electron chi connectivity index (χ0n) is 13.4. The number of rotatable bonds is 6. The third-order valence-electron chi connectivity index (χ3n) is 4.81. The lowest BCUT2D eigenvalue weighted by Crippen LogP contribution is -2.54. The van der Waals surface area contributed by atoms with Gasteiger partial charge in [0.2, 0.25) is 0 Å². The van der Waals surface area contributed by atoms with Crippen LogP contribution >= 0.6 is 0 Å². The molecule has 1 heterocycles. The van der Waals surface area contributed by atoms with Gasteiger partial charge in [-0.15, -0.1) is 0 Å². The molecule has 3 nitrogen and oxygen atoms in total. The van der Waals surface area contributed by atoms with Crippen LogP contribution < -0.4 is 5.32 Å². The number of benzene rings is 1. The van der Waals surface area contributed by atoms with Crippen LogP contribution in [-0.4, -0.2) is 43.3 Å². The van der Waals surface area contributed by atoms with Crippen LogP contribution in [0.2, 0.25) is 0 Å². The second-order valence-electron chi connectivity index (χ2n) is 6.99. The van der Waals surface area contributed by atoms with E-state index >= 15 is 0 Å². The molecule has 0 aromatic heterocycles. The van der Waals surface area contributed by atoms with Crippen molar-refractivity contribution in [3.8, 4) is 0 Å². The topological polar surface area (TPSA) is 24.5 Å². The molecule has 2 fully saturated rings. The SMILES string of the molecule is CC(C)(CNCc1ccccc1C1CC1)N1CCOCC1. The number of ether oxygens (including phenoxy) is 1. The van der Waals surface area contributed by atoms with E-state index in [4.69, 9.17) is 4.74 Å². The lowest BCUT2D eigenvalue weighted by atomic mass is 10.0. The summed E-state index contributed by atoms with van der Waals surface area (Å²) in [7, 11) is 0. The van der Waals surface area contributed by atoms with Gasteiger partial charge in [-0.05, 0) is 43.7 Å². The van der Waals surface area contributed by atoms with Crippen molar-refractivity contribution < 1.29 is 4.74 Å². The van der Waals surface area contributed by atoms with Crippen LogP contribution in [0.1, 0.15) is 43.7 Å². The Balaban J connectivity index is 1.53. The fourth-order valence-corrected chi connectivity index (χ4v) is 3.27. The molecule has 1 aromatic carbocycles. The number of hydrogen-bond donors (Lipinski definition) is 1. The first-order valence-corrected chi connectivity index (χ1v) is 8.28. The van der Waals surface area contributed by atoms with Crippen molar-refractivity contribution in [2.75, 3.05) is 32.8 Å². The molecular formula is C18H28N2O. The van der Waals surface area contributed by atoms with Crippen molar-refractivity contribution >= 4 is 0 Å².